The lowest BCUT2D eigenvalue weighted by Crippen LogP contribution is -2.59. The largest absolute Gasteiger partial charge is 0.375 e. The Hall–Kier alpha value is -1.48. The lowest BCUT2D eigenvalue weighted by atomic mass is 9.82. The average molecular weight is 381 g/mol. The van der Waals surface area contributed by atoms with Crippen molar-refractivity contribution < 1.29 is 17.9 Å². The van der Waals surface area contributed by atoms with E-state index in [0.29, 0.717) is 32.5 Å². The Labute approximate surface area is 155 Å². The third-order valence-corrected chi connectivity index (χ3v) is 7.29. The predicted octanol–water partition coefficient (Wildman–Crippen LogP) is 0.979. The zero-order valence-electron chi connectivity index (χ0n) is 15.3. The van der Waals surface area contributed by atoms with Crippen LogP contribution < -0.4 is 5.32 Å². The molecule has 1 aliphatic heterocycles. The standard InChI is InChI=1S/C18H27N3O4S/c1-19-18(22)15-8-9-17-16(12-15)21(10-11-25-17)26(23,24)20(2)13-14-6-4-3-5-7-14/h3-7,15-17H,8-13H2,1-2H3,(H,19,22)/t15-,16+,17+/m0/s1. The quantitative estimate of drug-likeness (QED) is 0.825. The van der Waals surface area contributed by atoms with Gasteiger partial charge in [-0.3, -0.25) is 4.79 Å². The van der Waals surface area contributed by atoms with E-state index in [2.05, 4.69) is 5.32 Å². The van der Waals surface area contributed by atoms with Crippen LogP contribution in [0.1, 0.15) is 24.8 Å². The first-order chi connectivity index (χ1) is 12.4. The van der Waals surface area contributed by atoms with Gasteiger partial charge in [0.2, 0.25) is 5.91 Å². The van der Waals surface area contributed by atoms with E-state index in [1.165, 1.54) is 4.31 Å². The van der Waals surface area contributed by atoms with E-state index in [9.17, 15) is 13.2 Å². The van der Waals surface area contributed by atoms with E-state index in [4.69, 9.17) is 4.74 Å². The first-order valence-corrected chi connectivity index (χ1v) is 10.4. The molecule has 3 atom stereocenters. The highest BCUT2D eigenvalue weighted by molar-refractivity contribution is 7.86. The summed E-state index contributed by atoms with van der Waals surface area (Å²) in [4.78, 5) is 12.0. The van der Waals surface area contributed by atoms with Crippen LogP contribution in [0.5, 0.6) is 0 Å². The van der Waals surface area contributed by atoms with Crippen molar-refractivity contribution in [3.8, 4) is 0 Å². The van der Waals surface area contributed by atoms with E-state index in [0.717, 1.165) is 12.0 Å². The van der Waals surface area contributed by atoms with Gasteiger partial charge in [-0.05, 0) is 24.8 Å². The molecule has 2 fully saturated rings. The summed E-state index contributed by atoms with van der Waals surface area (Å²) in [7, 11) is -0.409. The number of nitrogens with one attached hydrogen (secondary N) is 1. The highest BCUT2D eigenvalue weighted by atomic mass is 32.2. The molecule has 1 saturated heterocycles. The van der Waals surface area contributed by atoms with Crippen LogP contribution in [0, 0.1) is 5.92 Å². The molecule has 7 nitrogen and oxygen atoms in total. The number of nitrogens with zero attached hydrogens (tertiary/aromatic N) is 2. The number of benzene rings is 1. The topological polar surface area (TPSA) is 79.0 Å². The second-order valence-corrected chi connectivity index (χ2v) is 8.95. The van der Waals surface area contributed by atoms with Gasteiger partial charge in [0.25, 0.3) is 10.2 Å². The van der Waals surface area contributed by atoms with Gasteiger partial charge in [-0.15, -0.1) is 0 Å². The minimum atomic E-state index is -3.63. The van der Waals surface area contributed by atoms with Crippen LogP contribution in [-0.2, 0) is 26.3 Å². The Morgan fingerprint density at radius 2 is 2.04 bits per heavy atom. The summed E-state index contributed by atoms with van der Waals surface area (Å²) in [5.74, 6) is -0.191. The normalized spacial score (nSPS) is 27.1. The minimum Gasteiger partial charge on any atom is -0.375 e. The molecule has 1 saturated carbocycles. The van der Waals surface area contributed by atoms with Crippen LogP contribution in [0.2, 0.25) is 0 Å². The summed E-state index contributed by atoms with van der Waals surface area (Å²) in [6.07, 6.45) is 1.80. The Morgan fingerprint density at radius 1 is 1.31 bits per heavy atom. The van der Waals surface area contributed by atoms with Gasteiger partial charge in [0.15, 0.2) is 0 Å². The molecule has 1 aliphatic carbocycles. The van der Waals surface area contributed by atoms with E-state index in [-0.39, 0.29) is 24.0 Å². The number of amides is 1. The second kappa shape index (κ2) is 8.04. The fourth-order valence-electron chi connectivity index (χ4n) is 3.91. The van der Waals surface area contributed by atoms with Gasteiger partial charge in [0.05, 0.1) is 18.8 Å². The highest BCUT2D eigenvalue weighted by Gasteiger charge is 2.45. The summed E-state index contributed by atoms with van der Waals surface area (Å²) in [6.45, 7) is 1.03. The first-order valence-electron chi connectivity index (χ1n) is 9.03. The fourth-order valence-corrected chi connectivity index (χ4v) is 5.45. The summed E-state index contributed by atoms with van der Waals surface area (Å²) >= 11 is 0. The molecule has 8 heteroatoms. The highest BCUT2D eigenvalue weighted by Crippen LogP contribution is 2.34. The number of ether oxygens (including phenoxy) is 1. The van der Waals surface area contributed by atoms with Crippen LogP contribution in [0.25, 0.3) is 0 Å². The average Bonchev–Trinajstić information content (AvgIpc) is 2.67. The molecular formula is C18H27N3O4S. The molecule has 0 bridgehead atoms. The number of fused-ring (bicyclic) bond motifs is 1. The molecule has 2 aliphatic rings. The molecular weight excluding hydrogens is 354 g/mol. The van der Waals surface area contributed by atoms with Crippen LogP contribution >= 0.6 is 0 Å². The summed E-state index contributed by atoms with van der Waals surface area (Å²) in [5, 5.41) is 2.68. The minimum absolute atomic E-state index is 0.0241. The van der Waals surface area contributed by atoms with Gasteiger partial charge in [-0.2, -0.15) is 17.0 Å². The van der Waals surface area contributed by atoms with E-state index >= 15 is 0 Å². The molecule has 3 rings (SSSR count). The van der Waals surface area contributed by atoms with Crippen molar-refractivity contribution in [3.63, 3.8) is 0 Å². The third-order valence-electron chi connectivity index (χ3n) is 5.32. The van der Waals surface area contributed by atoms with Gasteiger partial charge >= 0.3 is 0 Å². The molecule has 1 N–H and O–H groups in total. The number of hydrogen-bond acceptors (Lipinski definition) is 4. The predicted molar refractivity (Wildman–Crippen MR) is 98.5 cm³/mol. The molecule has 144 valence electrons. The van der Waals surface area contributed by atoms with Crippen molar-refractivity contribution in [2.45, 2.75) is 38.0 Å². The molecule has 1 aromatic rings. The van der Waals surface area contributed by atoms with Crippen molar-refractivity contribution in [1.82, 2.24) is 13.9 Å². The lowest BCUT2D eigenvalue weighted by Gasteiger charge is -2.45. The van der Waals surface area contributed by atoms with Gasteiger partial charge < -0.3 is 10.1 Å². The summed E-state index contributed by atoms with van der Waals surface area (Å²) in [5.41, 5.74) is 0.940. The Balaban J connectivity index is 1.77. The molecule has 1 aromatic carbocycles. The molecule has 1 amide bonds. The molecule has 0 aromatic heterocycles. The van der Waals surface area contributed by atoms with Crippen molar-refractivity contribution in [2.24, 2.45) is 5.92 Å². The summed E-state index contributed by atoms with van der Waals surface area (Å²) < 4.78 is 35.1. The maximum Gasteiger partial charge on any atom is 0.282 e. The van der Waals surface area contributed by atoms with Crippen LogP contribution in [0.3, 0.4) is 0 Å². The number of morpholine rings is 1. The lowest BCUT2D eigenvalue weighted by molar-refractivity contribution is -0.130. The fraction of sp³-hybridized carbons (Fsp3) is 0.611. The van der Waals surface area contributed by atoms with E-state index in [1.54, 1.807) is 18.4 Å². The molecule has 1 heterocycles. The van der Waals surface area contributed by atoms with Gasteiger partial charge in [-0.1, -0.05) is 30.3 Å². The van der Waals surface area contributed by atoms with Crippen molar-refractivity contribution in [2.75, 3.05) is 27.2 Å². The van der Waals surface area contributed by atoms with Crippen molar-refractivity contribution >= 4 is 16.1 Å². The van der Waals surface area contributed by atoms with Crippen LogP contribution in [0.4, 0.5) is 0 Å². The molecule has 0 radical (unpaired) electrons. The number of rotatable bonds is 5. The molecule has 26 heavy (non-hydrogen) atoms. The zero-order valence-corrected chi connectivity index (χ0v) is 16.1. The monoisotopic (exact) mass is 381 g/mol. The molecule has 0 unspecified atom stereocenters. The van der Waals surface area contributed by atoms with E-state index < -0.39 is 10.2 Å². The SMILES string of the molecule is CNC(=O)[C@H]1CC[C@H]2OCCN(S(=O)(=O)N(C)Cc3ccccc3)[C@@H]2C1. The first kappa shape index (κ1) is 19.3. The summed E-state index contributed by atoms with van der Waals surface area (Å²) in [6, 6.07) is 9.24. The number of carbonyl (C=O) groups is 1. The van der Waals surface area contributed by atoms with Crippen LogP contribution in [0.15, 0.2) is 30.3 Å². The smallest absolute Gasteiger partial charge is 0.282 e. The van der Waals surface area contributed by atoms with Crippen molar-refractivity contribution in [3.05, 3.63) is 35.9 Å². The van der Waals surface area contributed by atoms with Crippen LogP contribution in [-0.4, -0.2) is 62.3 Å². The van der Waals surface area contributed by atoms with Gasteiger partial charge in [0.1, 0.15) is 0 Å². The van der Waals surface area contributed by atoms with Gasteiger partial charge in [-0.25, -0.2) is 0 Å². The third kappa shape index (κ3) is 3.93. The maximum absolute atomic E-state index is 13.2. The Morgan fingerprint density at radius 3 is 2.73 bits per heavy atom. The zero-order chi connectivity index (χ0) is 18.7. The Kier molecular flexibility index (Phi) is 5.96. The number of carbonyl (C=O) groups excluding carboxylic acids is 1. The second-order valence-electron chi connectivity index (χ2n) is 6.96. The Bertz CT molecular complexity index is 725. The van der Waals surface area contributed by atoms with Crippen molar-refractivity contribution in [1.29, 1.82) is 0 Å². The van der Waals surface area contributed by atoms with Gasteiger partial charge in [0, 0.05) is 33.1 Å². The number of hydrogen-bond donors (Lipinski definition) is 1. The maximum atomic E-state index is 13.2. The molecule has 0 spiro atoms. The van der Waals surface area contributed by atoms with E-state index in [1.807, 2.05) is 30.3 Å².